The molecule has 2 unspecified atom stereocenters. The summed E-state index contributed by atoms with van der Waals surface area (Å²) in [7, 11) is 1.90. The molecule has 1 aliphatic carbocycles. The Labute approximate surface area is 230 Å². The van der Waals surface area contributed by atoms with Gasteiger partial charge in [-0.2, -0.15) is 0 Å². The van der Waals surface area contributed by atoms with Crippen LogP contribution in [0, 0.1) is 11.7 Å². The van der Waals surface area contributed by atoms with Gasteiger partial charge in [-0.3, -0.25) is 14.5 Å². The number of hydrogen-bond donors (Lipinski definition) is 0. The molecule has 1 aliphatic heterocycles. The number of hydrogen-bond acceptors (Lipinski definition) is 4. The van der Waals surface area contributed by atoms with Crippen molar-refractivity contribution in [3.05, 3.63) is 94.8 Å². The van der Waals surface area contributed by atoms with E-state index >= 15 is 0 Å². The summed E-state index contributed by atoms with van der Waals surface area (Å²) in [5.41, 5.74) is 6.57. The van der Waals surface area contributed by atoms with Crippen LogP contribution in [0.1, 0.15) is 53.2 Å². The topological polar surface area (TPSA) is 49.9 Å². The van der Waals surface area contributed by atoms with Crippen molar-refractivity contribution in [3.63, 3.8) is 0 Å². The Morgan fingerprint density at radius 1 is 0.974 bits per heavy atom. The molecule has 1 heterocycles. The van der Waals surface area contributed by atoms with E-state index in [1.165, 1.54) is 28.8 Å². The Kier molecular flexibility index (Phi) is 8.41. The van der Waals surface area contributed by atoms with Gasteiger partial charge in [0, 0.05) is 38.2 Å². The minimum atomic E-state index is -0.259. The van der Waals surface area contributed by atoms with Gasteiger partial charge in [0.1, 0.15) is 5.82 Å². The molecule has 3 aromatic carbocycles. The molecule has 1 fully saturated rings. The molecule has 2 aliphatic rings. The lowest BCUT2D eigenvalue weighted by molar-refractivity contribution is -0.144. The van der Waals surface area contributed by atoms with Crippen LogP contribution >= 0.6 is 0 Å². The van der Waals surface area contributed by atoms with Crippen LogP contribution in [0.4, 0.5) is 4.39 Å². The first-order chi connectivity index (χ1) is 18.9. The fourth-order valence-corrected chi connectivity index (χ4v) is 5.97. The molecule has 39 heavy (non-hydrogen) atoms. The van der Waals surface area contributed by atoms with Gasteiger partial charge in [0.25, 0.3) is 5.91 Å². The van der Waals surface area contributed by atoms with Crippen molar-refractivity contribution in [2.45, 2.75) is 51.6 Å². The van der Waals surface area contributed by atoms with E-state index in [0.717, 1.165) is 56.4 Å². The second-order valence-electron chi connectivity index (χ2n) is 10.9. The molecular formula is C33H37FN2O3. The third-order valence-electron chi connectivity index (χ3n) is 8.19. The number of carbonyl (C=O) groups is 2. The number of nitrogens with zero attached hydrogens (tertiary/aromatic N) is 2. The first kappa shape index (κ1) is 27.1. The number of esters is 1. The average molecular weight is 529 g/mol. The van der Waals surface area contributed by atoms with Crippen molar-refractivity contribution in [3.8, 4) is 11.1 Å². The Morgan fingerprint density at radius 2 is 1.69 bits per heavy atom. The molecule has 1 saturated heterocycles. The lowest BCUT2D eigenvalue weighted by Crippen LogP contribution is -2.40. The molecule has 5 nitrogen and oxygen atoms in total. The predicted octanol–water partition coefficient (Wildman–Crippen LogP) is 5.90. The molecule has 0 spiro atoms. The lowest BCUT2D eigenvalue weighted by atomic mass is 9.86. The molecule has 0 N–H and O–H groups in total. The van der Waals surface area contributed by atoms with E-state index in [1.807, 2.05) is 43.1 Å². The van der Waals surface area contributed by atoms with Gasteiger partial charge >= 0.3 is 5.97 Å². The molecule has 3 aromatic rings. The zero-order valence-electron chi connectivity index (χ0n) is 22.9. The minimum Gasteiger partial charge on any atom is -0.466 e. The van der Waals surface area contributed by atoms with Gasteiger partial charge in [0.2, 0.25) is 0 Å². The number of benzene rings is 3. The summed E-state index contributed by atoms with van der Waals surface area (Å²) in [5.74, 6) is 0.0647. The van der Waals surface area contributed by atoms with E-state index in [1.54, 1.807) is 12.1 Å². The van der Waals surface area contributed by atoms with Crippen LogP contribution in [-0.4, -0.2) is 54.5 Å². The average Bonchev–Trinajstić information content (AvgIpc) is 3.38. The van der Waals surface area contributed by atoms with E-state index in [9.17, 15) is 14.0 Å². The zero-order valence-corrected chi connectivity index (χ0v) is 22.9. The van der Waals surface area contributed by atoms with E-state index in [2.05, 4.69) is 23.1 Å². The summed E-state index contributed by atoms with van der Waals surface area (Å²) in [6.07, 6.45) is 4.32. The van der Waals surface area contributed by atoms with Crippen molar-refractivity contribution in [1.82, 2.24) is 9.80 Å². The molecule has 0 aromatic heterocycles. The molecule has 204 valence electrons. The fraction of sp³-hybridized carbons (Fsp3) is 0.394. The molecule has 1 amide bonds. The van der Waals surface area contributed by atoms with Crippen molar-refractivity contribution in [2.24, 2.45) is 5.92 Å². The highest BCUT2D eigenvalue weighted by Gasteiger charge is 2.28. The lowest BCUT2D eigenvalue weighted by Gasteiger charge is -2.33. The third-order valence-corrected chi connectivity index (χ3v) is 8.19. The highest BCUT2D eigenvalue weighted by Crippen LogP contribution is 2.28. The maximum absolute atomic E-state index is 13.3. The quantitative estimate of drug-likeness (QED) is 0.342. The van der Waals surface area contributed by atoms with Gasteiger partial charge in [-0.25, -0.2) is 4.39 Å². The van der Waals surface area contributed by atoms with Gasteiger partial charge in [0.15, 0.2) is 0 Å². The predicted molar refractivity (Wildman–Crippen MR) is 151 cm³/mol. The number of halogens is 1. The van der Waals surface area contributed by atoms with Crippen LogP contribution in [0.15, 0.2) is 66.7 Å². The van der Waals surface area contributed by atoms with E-state index in [-0.39, 0.29) is 23.7 Å². The molecule has 2 atom stereocenters. The smallest absolute Gasteiger partial charge is 0.306 e. The highest BCUT2D eigenvalue weighted by atomic mass is 19.1. The van der Waals surface area contributed by atoms with E-state index < -0.39 is 0 Å². The number of fused-ring (bicyclic) bond motifs is 1. The number of aryl methyl sites for hydroxylation is 1. The fourth-order valence-electron chi connectivity index (χ4n) is 5.97. The van der Waals surface area contributed by atoms with Crippen LogP contribution in [0.5, 0.6) is 0 Å². The number of likely N-dealkylation sites (tertiary alicyclic amines) is 1. The highest BCUT2D eigenvalue weighted by molar-refractivity contribution is 5.94. The van der Waals surface area contributed by atoms with Gasteiger partial charge in [-0.1, -0.05) is 42.5 Å². The number of carbonyl (C=O) groups excluding carboxylic acids is 2. The number of amides is 1. The monoisotopic (exact) mass is 528 g/mol. The summed E-state index contributed by atoms with van der Waals surface area (Å²) in [6.45, 7) is 5.16. The summed E-state index contributed by atoms with van der Waals surface area (Å²) in [6, 6.07) is 20.9. The Balaban J connectivity index is 1.16. The Bertz CT molecular complexity index is 1310. The number of likely N-dealkylation sites (N-methyl/N-ethyl adjacent to an activating group) is 1. The maximum atomic E-state index is 13.3. The normalized spacial score (nSPS) is 18.9. The summed E-state index contributed by atoms with van der Waals surface area (Å²) < 4.78 is 18.4. The van der Waals surface area contributed by atoms with E-state index in [0.29, 0.717) is 24.5 Å². The van der Waals surface area contributed by atoms with Crippen LogP contribution in [0.3, 0.4) is 0 Å². The second-order valence-corrected chi connectivity index (χ2v) is 10.9. The Morgan fingerprint density at radius 3 is 2.41 bits per heavy atom. The van der Waals surface area contributed by atoms with Crippen LogP contribution in [-0.2, 0) is 28.9 Å². The van der Waals surface area contributed by atoms with Crippen LogP contribution in [0.2, 0.25) is 0 Å². The SMILES string of the molecule is CCOC(=O)CC1CCN(Cc2ccc3c(c2)CCC(N(C)C(=O)c2ccc(-c4ccc(F)cc4)cc2)C3)C1. The maximum Gasteiger partial charge on any atom is 0.306 e. The molecular weight excluding hydrogens is 491 g/mol. The number of rotatable bonds is 8. The van der Waals surface area contributed by atoms with Crippen molar-refractivity contribution >= 4 is 11.9 Å². The first-order valence-corrected chi connectivity index (χ1v) is 14.0. The van der Waals surface area contributed by atoms with Gasteiger partial charge in [0.05, 0.1) is 6.61 Å². The molecule has 0 radical (unpaired) electrons. The van der Waals surface area contributed by atoms with E-state index in [4.69, 9.17) is 4.74 Å². The molecule has 6 heteroatoms. The first-order valence-electron chi connectivity index (χ1n) is 14.0. The zero-order chi connectivity index (χ0) is 27.4. The Hall–Kier alpha value is -3.51. The van der Waals surface area contributed by atoms with Gasteiger partial charge < -0.3 is 9.64 Å². The van der Waals surface area contributed by atoms with Crippen LogP contribution < -0.4 is 0 Å². The standard InChI is InChI=1S/C33H37FN2O3/c1-3-39-32(37)19-24-16-17-36(22-24)21-23-4-5-29-20-31(15-12-28(29)18-23)35(2)33(38)27-8-6-25(7-9-27)26-10-13-30(34)14-11-26/h4-11,13-14,18,24,31H,3,12,15-17,19-22H2,1-2H3. The number of ether oxygens (including phenoxy) is 1. The summed E-state index contributed by atoms with van der Waals surface area (Å²) in [4.78, 5) is 29.4. The summed E-state index contributed by atoms with van der Waals surface area (Å²) in [5, 5.41) is 0. The van der Waals surface area contributed by atoms with Gasteiger partial charge in [-0.05, 0) is 97.2 Å². The van der Waals surface area contributed by atoms with Crippen molar-refractivity contribution in [1.29, 1.82) is 0 Å². The van der Waals surface area contributed by atoms with Crippen molar-refractivity contribution < 1.29 is 18.7 Å². The largest absolute Gasteiger partial charge is 0.466 e. The third kappa shape index (κ3) is 6.56. The summed E-state index contributed by atoms with van der Waals surface area (Å²) >= 11 is 0. The van der Waals surface area contributed by atoms with Crippen molar-refractivity contribution in [2.75, 3.05) is 26.7 Å². The molecule has 0 saturated carbocycles. The van der Waals surface area contributed by atoms with Gasteiger partial charge in [-0.15, -0.1) is 0 Å². The second kappa shape index (κ2) is 12.1. The van der Waals surface area contributed by atoms with Crippen LogP contribution in [0.25, 0.3) is 11.1 Å². The minimum absolute atomic E-state index is 0.0251. The molecule has 0 bridgehead atoms. The molecule has 5 rings (SSSR count).